The number of carbonyl (C=O) groups is 1. The maximum absolute atomic E-state index is 12.0. The number of nitrogens with zero attached hydrogens (tertiary/aromatic N) is 3. The summed E-state index contributed by atoms with van der Waals surface area (Å²) in [7, 11) is 0. The maximum atomic E-state index is 12.0. The lowest BCUT2D eigenvalue weighted by atomic mass is 9.98. The van der Waals surface area contributed by atoms with Crippen LogP contribution < -0.4 is 20.3 Å². The highest BCUT2D eigenvalue weighted by atomic mass is 35.5. The number of nitrogens with one attached hydrogen (secondary N) is 2. The van der Waals surface area contributed by atoms with Crippen molar-refractivity contribution in [2.45, 2.75) is 38.2 Å². The zero-order valence-electron chi connectivity index (χ0n) is 15.8. The van der Waals surface area contributed by atoms with Crippen LogP contribution >= 0.6 is 23.2 Å². The normalized spacial score (nSPS) is 14.1. The Kier molecular flexibility index (Phi) is 7.47. The number of hydrazine groups is 1. The molecule has 2 aromatic rings. The van der Waals surface area contributed by atoms with Gasteiger partial charge in [-0.1, -0.05) is 29.6 Å². The molecule has 2 N–H and O–H groups in total. The summed E-state index contributed by atoms with van der Waals surface area (Å²) in [5.41, 5.74) is 4.26. The highest BCUT2D eigenvalue weighted by Crippen LogP contribution is 2.33. The van der Waals surface area contributed by atoms with Gasteiger partial charge in [-0.2, -0.15) is 4.98 Å². The number of rotatable bonds is 8. The van der Waals surface area contributed by atoms with Gasteiger partial charge in [0, 0.05) is 5.02 Å². The highest BCUT2D eigenvalue weighted by Gasteiger charge is 2.27. The first-order valence-electron chi connectivity index (χ1n) is 9.23. The van der Waals surface area contributed by atoms with E-state index in [1.54, 1.807) is 6.07 Å². The fourth-order valence-corrected chi connectivity index (χ4v) is 3.41. The zero-order chi connectivity index (χ0) is 21.5. The molecule has 1 heterocycles. The molecule has 1 aromatic carbocycles. The van der Waals surface area contributed by atoms with Crippen LogP contribution in [0, 0.1) is 10.1 Å². The zero-order valence-corrected chi connectivity index (χ0v) is 17.3. The first kappa shape index (κ1) is 21.8. The van der Waals surface area contributed by atoms with Crippen molar-refractivity contribution >= 4 is 40.6 Å². The van der Waals surface area contributed by atoms with E-state index in [0.717, 1.165) is 38.4 Å². The van der Waals surface area contributed by atoms with Crippen LogP contribution in [0.1, 0.15) is 32.1 Å². The molecule has 0 radical (unpaired) electrons. The summed E-state index contributed by atoms with van der Waals surface area (Å²) in [6, 6.07) is 4.57. The number of aromatic nitrogens is 2. The fraction of sp³-hybridized carbons (Fsp3) is 0.389. The van der Waals surface area contributed by atoms with E-state index >= 15 is 0 Å². The Hall–Kier alpha value is -2.85. The van der Waals surface area contributed by atoms with Crippen molar-refractivity contribution < 1.29 is 19.2 Å². The molecule has 1 fully saturated rings. The van der Waals surface area contributed by atoms with Crippen molar-refractivity contribution in [3.63, 3.8) is 0 Å². The van der Waals surface area contributed by atoms with Gasteiger partial charge in [0.15, 0.2) is 6.61 Å². The number of hydrogen-bond donors (Lipinski definition) is 2. The third-order valence-corrected chi connectivity index (χ3v) is 4.91. The predicted molar refractivity (Wildman–Crippen MR) is 110 cm³/mol. The second-order valence-electron chi connectivity index (χ2n) is 6.55. The topological polar surface area (TPSA) is 129 Å². The fourth-order valence-electron chi connectivity index (χ4n) is 2.95. The van der Waals surface area contributed by atoms with Gasteiger partial charge >= 0.3 is 5.69 Å². The van der Waals surface area contributed by atoms with Gasteiger partial charge in [0.1, 0.15) is 18.2 Å². The van der Waals surface area contributed by atoms with Crippen molar-refractivity contribution in [3.8, 4) is 11.6 Å². The van der Waals surface area contributed by atoms with E-state index in [-0.39, 0.29) is 28.6 Å². The van der Waals surface area contributed by atoms with Crippen LogP contribution in [-0.2, 0) is 4.79 Å². The van der Waals surface area contributed by atoms with E-state index in [9.17, 15) is 14.9 Å². The average molecular weight is 456 g/mol. The van der Waals surface area contributed by atoms with Crippen molar-refractivity contribution in [3.05, 3.63) is 44.7 Å². The Balaban J connectivity index is 1.61. The summed E-state index contributed by atoms with van der Waals surface area (Å²) in [6.07, 6.45) is 5.74. The summed E-state index contributed by atoms with van der Waals surface area (Å²) in [6.45, 7) is -0.390. The Morgan fingerprint density at radius 3 is 2.70 bits per heavy atom. The number of nitro groups is 1. The molecule has 0 spiro atoms. The van der Waals surface area contributed by atoms with Crippen LogP contribution in [-0.4, -0.2) is 33.5 Å². The van der Waals surface area contributed by atoms with Crippen molar-refractivity contribution in [1.29, 1.82) is 0 Å². The number of ether oxygens (including phenoxy) is 2. The van der Waals surface area contributed by atoms with E-state index in [1.807, 2.05) is 0 Å². The van der Waals surface area contributed by atoms with E-state index in [1.165, 1.54) is 12.1 Å². The lowest BCUT2D eigenvalue weighted by molar-refractivity contribution is -0.385. The number of anilines is 1. The predicted octanol–water partition coefficient (Wildman–Crippen LogP) is 3.93. The number of amides is 1. The number of benzene rings is 1. The van der Waals surface area contributed by atoms with Crippen LogP contribution in [0.2, 0.25) is 10.0 Å². The third kappa shape index (κ3) is 5.83. The van der Waals surface area contributed by atoms with E-state index in [0.29, 0.717) is 5.02 Å². The van der Waals surface area contributed by atoms with Crippen LogP contribution in [0.3, 0.4) is 0 Å². The summed E-state index contributed by atoms with van der Waals surface area (Å²) >= 11 is 11.8. The van der Waals surface area contributed by atoms with Crippen LogP contribution in [0.25, 0.3) is 0 Å². The van der Waals surface area contributed by atoms with Gasteiger partial charge in [0.25, 0.3) is 11.8 Å². The summed E-state index contributed by atoms with van der Waals surface area (Å²) < 4.78 is 11.0. The molecule has 10 nitrogen and oxygen atoms in total. The van der Waals surface area contributed by atoms with Crippen LogP contribution in [0.15, 0.2) is 24.5 Å². The highest BCUT2D eigenvalue weighted by molar-refractivity contribution is 6.35. The van der Waals surface area contributed by atoms with Gasteiger partial charge in [-0.15, -0.1) is 0 Å². The maximum Gasteiger partial charge on any atom is 0.374 e. The second kappa shape index (κ2) is 10.3. The average Bonchev–Trinajstić information content (AvgIpc) is 2.72. The molecule has 160 valence electrons. The lowest BCUT2D eigenvalue weighted by Crippen LogP contribution is -2.34. The van der Waals surface area contributed by atoms with Crippen molar-refractivity contribution in [1.82, 2.24) is 15.4 Å². The molecular weight excluding hydrogens is 437 g/mol. The first-order valence-corrected chi connectivity index (χ1v) is 9.98. The molecule has 12 heteroatoms. The summed E-state index contributed by atoms with van der Waals surface area (Å²) in [5, 5.41) is 12.2. The van der Waals surface area contributed by atoms with Gasteiger partial charge in [-0.25, -0.2) is 4.98 Å². The van der Waals surface area contributed by atoms with Gasteiger partial charge < -0.3 is 9.47 Å². The van der Waals surface area contributed by atoms with Gasteiger partial charge in [0.05, 0.1) is 9.95 Å². The molecule has 1 amide bonds. The molecule has 1 aliphatic carbocycles. The molecule has 3 rings (SSSR count). The number of hydrogen-bond acceptors (Lipinski definition) is 8. The summed E-state index contributed by atoms with van der Waals surface area (Å²) in [4.78, 5) is 30.7. The van der Waals surface area contributed by atoms with Crippen molar-refractivity contribution in [2.75, 3.05) is 12.0 Å². The van der Waals surface area contributed by atoms with Gasteiger partial charge in [-0.05, 0) is 43.9 Å². The Bertz CT molecular complexity index is 924. The Morgan fingerprint density at radius 1 is 1.23 bits per heavy atom. The quantitative estimate of drug-likeness (QED) is 0.452. The first-order chi connectivity index (χ1) is 14.4. The molecule has 1 saturated carbocycles. The monoisotopic (exact) mass is 455 g/mol. The largest absolute Gasteiger partial charge is 0.482 e. The van der Waals surface area contributed by atoms with Crippen LogP contribution in [0.4, 0.5) is 11.5 Å². The second-order valence-corrected chi connectivity index (χ2v) is 7.39. The Morgan fingerprint density at radius 2 is 2.00 bits per heavy atom. The van der Waals surface area contributed by atoms with E-state index < -0.39 is 23.1 Å². The molecule has 1 aliphatic rings. The molecule has 0 aliphatic heterocycles. The third-order valence-electron chi connectivity index (χ3n) is 4.37. The lowest BCUT2D eigenvalue weighted by Gasteiger charge is -2.22. The van der Waals surface area contributed by atoms with Crippen LogP contribution in [0.5, 0.6) is 11.6 Å². The number of carbonyl (C=O) groups excluding carboxylic acids is 1. The SMILES string of the molecule is O=C(COc1ccc(Cl)cc1Cl)NNc1ncnc(OC2CCCCC2)c1[N+](=O)[O-]. The molecule has 0 bridgehead atoms. The number of halogens is 2. The van der Waals surface area contributed by atoms with Gasteiger partial charge in [0.2, 0.25) is 5.82 Å². The molecule has 0 atom stereocenters. The standard InChI is InChI=1S/C18H19Cl2N5O5/c19-11-6-7-14(13(20)8-11)29-9-15(26)23-24-17-16(25(27)28)18(22-10-21-17)30-12-4-2-1-3-5-12/h6-8,10,12H,1-5,9H2,(H,23,26)(H,21,22,24). The molecule has 1 aromatic heterocycles. The minimum Gasteiger partial charge on any atom is -0.482 e. The minimum absolute atomic E-state index is 0.132. The molecule has 30 heavy (non-hydrogen) atoms. The van der Waals surface area contributed by atoms with Gasteiger partial charge in [-0.3, -0.25) is 25.8 Å². The molecule has 0 unspecified atom stereocenters. The van der Waals surface area contributed by atoms with E-state index in [2.05, 4.69) is 20.8 Å². The smallest absolute Gasteiger partial charge is 0.374 e. The Labute approximate surface area is 182 Å². The van der Waals surface area contributed by atoms with E-state index in [4.69, 9.17) is 32.7 Å². The molecule has 0 saturated heterocycles. The molecular formula is C18H19Cl2N5O5. The van der Waals surface area contributed by atoms with Crippen molar-refractivity contribution in [2.24, 2.45) is 0 Å². The minimum atomic E-state index is -0.656. The summed E-state index contributed by atoms with van der Waals surface area (Å²) in [5.74, 6) is -0.669.